The first-order valence-electron chi connectivity index (χ1n) is 7.61. The van der Waals surface area contributed by atoms with Crippen molar-refractivity contribution in [1.29, 1.82) is 0 Å². The van der Waals surface area contributed by atoms with Gasteiger partial charge in [0.2, 0.25) is 0 Å². The standard InChI is InChI=1S/C17H25N3O/c1-4-17(21,5-2)13-18-11-15-12-20(19-14(15)3)16-9-7-6-8-10-16/h6-10,12,18,21H,4-5,11,13H2,1-3H3. The third-order valence-electron chi connectivity index (χ3n) is 4.11. The van der Waals surface area contributed by atoms with Crippen molar-refractivity contribution < 1.29 is 5.11 Å². The van der Waals surface area contributed by atoms with Gasteiger partial charge >= 0.3 is 0 Å². The van der Waals surface area contributed by atoms with Gasteiger partial charge in [-0.3, -0.25) is 0 Å². The number of nitrogens with one attached hydrogen (secondary N) is 1. The van der Waals surface area contributed by atoms with Crippen LogP contribution in [0.2, 0.25) is 0 Å². The summed E-state index contributed by atoms with van der Waals surface area (Å²) < 4.78 is 1.90. The summed E-state index contributed by atoms with van der Waals surface area (Å²) in [4.78, 5) is 0. The minimum absolute atomic E-state index is 0.607. The maximum absolute atomic E-state index is 10.3. The summed E-state index contributed by atoms with van der Waals surface area (Å²) in [6, 6.07) is 10.1. The van der Waals surface area contributed by atoms with Gasteiger partial charge in [-0.2, -0.15) is 5.10 Å². The average molecular weight is 287 g/mol. The molecule has 4 heteroatoms. The Bertz CT molecular complexity index is 559. The monoisotopic (exact) mass is 287 g/mol. The maximum Gasteiger partial charge on any atom is 0.0766 e. The molecule has 0 aliphatic heterocycles. The number of rotatable bonds is 7. The fourth-order valence-electron chi connectivity index (χ4n) is 2.31. The summed E-state index contributed by atoms with van der Waals surface area (Å²) in [5.74, 6) is 0. The van der Waals surface area contributed by atoms with E-state index in [1.165, 1.54) is 0 Å². The Hall–Kier alpha value is -1.65. The van der Waals surface area contributed by atoms with E-state index in [-0.39, 0.29) is 0 Å². The van der Waals surface area contributed by atoms with E-state index in [9.17, 15) is 5.11 Å². The van der Waals surface area contributed by atoms with Crippen LogP contribution < -0.4 is 5.32 Å². The first kappa shape index (κ1) is 15.7. The van der Waals surface area contributed by atoms with Crippen molar-refractivity contribution in [2.24, 2.45) is 0 Å². The number of aliphatic hydroxyl groups is 1. The number of aromatic nitrogens is 2. The van der Waals surface area contributed by atoms with Gasteiger partial charge in [0.15, 0.2) is 0 Å². The molecule has 0 bridgehead atoms. The first-order valence-corrected chi connectivity index (χ1v) is 7.61. The largest absolute Gasteiger partial charge is 0.389 e. The van der Waals surface area contributed by atoms with Gasteiger partial charge in [0, 0.05) is 24.8 Å². The van der Waals surface area contributed by atoms with Gasteiger partial charge in [-0.1, -0.05) is 32.0 Å². The molecule has 114 valence electrons. The predicted molar refractivity (Wildman–Crippen MR) is 85.5 cm³/mol. The molecule has 1 aromatic carbocycles. The van der Waals surface area contributed by atoms with E-state index >= 15 is 0 Å². The van der Waals surface area contributed by atoms with E-state index in [1.807, 2.05) is 55.8 Å². The van der Waals surface area contributed by atoms with Crippen LogP contribution in [0.15, 0.2) is 36.5 Å². The minimum atomic E-state index is -0.608. The van der Waals surface area contributed by atoms with Crippen molar-refractivity contribution in [2.75, 3.05) is 6.54 Å². The fourth-order valence-corrected chi connectivity index (χ4v) is 2.31. The highest BCUT2D eigenvalue weighted by Crippen LogP contribution is 2.15. The molecule has 0 saturated heterocycles. The highest BCUT2D eigenvalue weighted by atomic mass is 16.3. The Kier molecular flexibility index (Phi) is 5.15. The number of para-hydroxylation sites is 1. The minimum Gasteiger partial charge on any atom is -0.389 e. The number of benzene rings is 1. The van der Waals surface area contributed by atoms with E-state index in [2.05, 4.69) is 16.6 Å². The number of hydrogen-bond donors (Lipinski definition) is 2. The summed E-state index contributed by atoms with van der Waals surface area (Å²) in [5, 5.41) is 18.2. The lowest BCUT2D eigenvalue weighted by molar-refractivity contribution is 0.0323. The van der Waals surface area contributed by atoms with Crippen LogP contribution in [0.25, 0.3) is 5.69 Å². The molecule has 0 radical (unpaired) electrons. The molecule has 0 amide bonds. The Labute approximate surface area is 126 Å². The molecule has 0 fully saturated rings. The zero-order valence-corrected chi connectivity index (χ0v) is 13.1. The molecule has 21 heavy (non-hydrogen) atoms. The highest BCUT2D eigenvalue weighted by molar-refractivity contribution is 5.32. The first-order chi connectivity index (χ1) is 10.1. The molecule has 2 rings (SSSR count). The molecule has 0 spiro atoms. The summed E-state index contributed by atoms with van der Waals surface area (Å²) in [6.45, 7) is 7.38. The zero-order chi connectivity index (χ0) is 15.3. The van der Waals surface area contributed by atoms with Crippen LogP contribution in [0.4, 0.5) is 0 Å². The van der Waals surface area contributed by atoms with Crippen LogP contribution in [0.1, 0.15) is 37.9 Å². The van der Waals surface area contributed by atoms with Crippen LogP contribution in [-0.2, 0) is 6.54 Å². The third kappa shape index (κ3) is 3.93. The van der Waals surface area contributed by atoms with Crippen molar-refractivity contribution in [2.45, 2.75) is 45.8 Å². The maximum atomic E-state index is 10.3. The van der Waals surface area contributed by atoms with E-state index in [0.29, 0.717) is 6.54 Å². The molecule has 2 N–H and O–H groups in total. The predicted octanol–water partition coefficient (Wildman–Crippen LogP) is 2.82. The van der Waals surface area contributed by atoms with Crippen LogP contribution in [0.5, 0.6) is 0 Å². The third-order valence-corrected chi connectivity index (χ3v) is 4.11. The zero-order valence-electron chi connectivity index (χ0n) is 13.1. The molecule has 0 aliphatic carbocycles. The Morgan fingerprint density at radius 1 is 1.19 bits per heavy atom. The highest BCUT2D eigenvalue weighted by Gasteiger charge is 2.21. The van der Waals surface area contributed by atoms with Crippen LogP contribution in [-0.4, -0.2) is 27.0 Å². The summed E-state index contributed by atoms with van der Waals surface area (Å²) in [6.07, 6.45) is 3.58. The van der Waals surface area contributed by atoms with Gasteiger partial charge < -0.3 is 10.4 Å². The molecule has 0 aliphatic rings. The van der Waals surface area contributed by atoms with E-state index in [0.717, 1.165) is 36.3 Å². The van der Waals surface area contributed by atoms with Gasteiger partial charge in [0.05, 0.1) is 17.0 Å². The average Bonchev–Trinajstić information content (AvgIpc) is 2.89. The summed E-state index contributed by atoms with van der Waals surface area (Å²) in [5.41, 5.74) is 2.63. The van der Waals surface area contributed by atoms with E-state index in [4.69, 9.17) is 0 Å². The number of hydrogen-bond acceptors (Lipinski definition) is 3. The van der Waals surface area contributed by atoms with E-state index < -0.39 is 5.60 Å². The van der Waals surface area contributed by atoms with Crippen molar-refractivity contribution in [1.82, 2.24) is 15.1 Å². The molecule has 0 saturated carbocycles. The second kappa shape index (κ2) is 6.87. The summed E-state index contributed by atoms with van der Waals surface area (Å²) in [7, 11) is 0. The smallest absolute Gasteiger partial charge is 0.0766 e. The van der Waals surface area contributed by atoms with Crippen LogP contribution >= 0.6 is 0 Å². The number of nitrogens with zero attached hydrogens (tertiary/aromatic N) is 2. The molecule has 0 atom stereocenters. The number of aryl methyl sites for hydroxylation is 1. The van der Waals surface area contributed by atoms with Crippen molar-refractivity contribution in [3.63, 3.8) is 0 Å². The van der Waals surface area contributed by atoms with Crippen LogP contribution in [0, 0.1) is 6.92 Å². The molecule has 1 aromatic heterocycles. The lowest BCUT2D eigenvalue weighted by atomic mass is 9.97. The lowest BCUT2D eigenvalue weighted by Gasteiger charge is -2.25. The van der Waals surface area contributed by atoms with Gasteiger partial charge in [0.1, 0.15) is 0 Å². The molecule has 1 heterocycles. The SMILES string of the molecule is CCC(O)(CC)CNCc1cn(-c2ccccc2)nc1C. The van der Waals surface area contributed by atoms with E-state index in [1.54, 1.807) is 0 Å². The Morgan fingerprint density at radius 2 is 1.86 bits per heavy atom. The lowest BCUT2D eigenvalue weighted by Crippen LogP contribution is -2.39. The van der Waals surface area contributed by atoms with Gasteiger partial charge in [0.25, 0.3) is 0 Å². The van der Waals surface area contributed by atoms with Gasteiger partial charge in [-0.05, 0) is 31.9 Å². The molecule has 4 nitrogen and oxygen atoms in total. The van der Waals surface area contributed by atoms with Crippen molar-refractivity contribution in [3.8, 4) is 5.69 Å². The molecule has 2 aromatic rings. The molecule has 0 unspecified atom stereocenters. The topological polar surface area (TPSA) is 50.1 Å². The van der Waals surface area contributed by atoms with Crippen molar-refractivity contribution in [3.05, 3.63) is 47.8 Å². The Balaban J connectivity index is 2.01. The Morgan fingerprint density at radius 3 is 2.48 bits per heavy atom. The second-order valence-corrected chi connectivity index (χ2v) is 5.55. The van der Waals surface area contributed by atoms with Gasteiger partial charge in [-0.15, -0.1) is 0 Å². The van der Waals surface area contributed by atoms with Crippen LogP contribution in [0.3, 0.4) is 0 Å². The quantitative estimate of drug-likeness (QED) is 0.823. The second-order valence-electron chi connectivity index (χ2n) is 5.55. The molecular weight excluding hydrogens is 262 g/mol. The van der Waals surface area contributed by atoms with Gasteiger partial charge in [-0.25, -0.2) is 4.68 Å². The summed E-state index contributed by atoms with van der Waals surface area (Å²) >= 11 is 0. The normalized spacial score (nSPS) is 11.8. The fraction of sp³-hybridized carbons (Fsp3) is 0.471. The van der Waals surface area contributed by atoms with Crippen molar-refractivity contribution >= 4 is 0 Å². The molecular formula is C17H25N3O.